The molecule has 1 unspecified atom stereocenters. The van der Waals surface area contributed by atoms with Gasteiger partial charge in [0.25, 0.3) is 0 Å². The van der Waals surface area contributed by atoms with Crippen molar-refractivity contribution in [2.75, 3.05) is 38.7 Å². The monoisotopic (exact) mass is 371 g/mol. The van der Waals surface area contributed by atoms with E-state index in [9.17, 15) is 9.59 Å². The van der Waals surface area contributed by atoms with Crippen LogP contribution in [-0.2, 0) is 20.9 Å². The van der Waals surface area contributed by atoms with E-state index in [0.717, 1.165) is 32.4 Å². The van der Waals surface area contributed by atoms with Gasteiger partial charge < -0.3 is 20.7 Å². The number of hydrogen-bond donors (Lipinski definition) is 3. The fourth-order valence-electron chi connectivity index (χ4n) is 3.44. The molecule has 1 aliphatic heterocycles. The lowest BCUT2D eigenvalue weighted by atomic mass is 9.92. The third-order valence-corrected chi connectivity index (χ3v) is 4.94. The molecule has 9 heteroatoms. The SMILES string of the molecule is COCCNC(=O)Cn1cc(NC(=O)C2CC23CCNCC3)cn1.Cl. The summed E-state index contributed by atoms with van der Waals surface area (Å²) >= 11 is 0. The summed E-state index contributed by atoms with van der Waals surface area (Å²) in [6.07, 6.45) is 6.40. The summed E-state index contributed by atoms with van der Waals surface area (Å²) < 4.78 is 6.40. The predicted molar refractivity (Wildman–Crippen MR) is 95.6 cm³/mol. The molecule has 2 fully saturated rings. The quantitative estimate of drug-likeness (QED) is 0.603. The molecule has 1 spiro atoms. The lowest BCUT2D eigenvalue weighted by Crippen LogP contribution is -2.31. The number of anilines is 1. The van der Waals surface area contributed by atoms with Crippen molar-refractivity contribution in [3.8, 4) is 0 Å². The van der Waals surface area contributed by atoms with Crippen molar-refractivity contribution in [3.05, 3.63) is 12.4 Å². The molecule has 2 aliphatic rings. The first-order chi connectivity index (χ1) is 11.6. The molecule has 25 heavy (non-hydrogen) atoms. The highest BCUT2D eigenvalue weighted by atomic mass is 35.5. The van der Waals surface area contributed by atoms with Crippen molar-refractivity contribution < 1.29 is 14.3 Å². The van der Waals surface area contributed by atoms with Gasteiger partial charge in [-0.3, -0.25) is 14.3 Å². The van der Waals surface area contributed by atoms with E-state index in [-0.39, 0.29) is 42.1 Å². The van der Waals surface area contributed by atoms with E-state index in [2.05, 4.69) is 21.0 Å². The number of hydrogen-bond acceptors (Lipinski definition) is 5. The second-order valence-electron chi connectivity index (χ2n) is 6.63. The number of halogens is 1. The number of nitrogens with zero attached hydrogens (tertiary/aromatic N) is 2. The van der Waals surface area contributed by atoms with Crippen LogP contribution in [0.1, 0.15) is 19.3 Å². The van der Waals surface area contributed by atoms with Gasteiger partial charge in [-0.1, -0.05) is 0 Å². The van der Waals surface area contributed by atoms with Crippen LogP contribution in [-0.4, -0.2) is 54.9 Å². The molecular weight excluding hydrogens is 346 g/mol. The Balaban J connectivity index is 0.00000225. The second-order valence-corrected chi connectivity index (χ2v) is 6.63. The highest BCUT2D eigenvalue weighted by molar-refractivity contribution is 5.95. The van der Waals surface area contributed by atoms with Crippen LogP contribution in [0.2, 0.25) is 0 Å². The zero-order valence-corrected chi connectivity index (χ0v) is 15.2. The van der Waals surface area contributed by atoms with Crippen molar-refractivity contribution in [1.82, 2.24) is 20.4 Å². The molecule has 1 aliphatic carbocycles. The first-order valence-electron chi connectivity index (χ1n) is 8.43. The molecule has 8 nitrogen and oxygen atoms in total. The fraction of sp³-hybridized carbons (Fsp3) is 0.688. The third-order valence-electron chi connectivity index (χ3n) is 4.94. The van der Waals surface area contributed by atoms with E-state index < -0.39 is 0 Å². The molecule has 1 atom stereocenters. The van der Waals surface area contributed by atoms with Gasteiger partial charge in [0.15, 0.2) is 0 Å². The molecule has 3 N–H and O–H groups in total. The molecule has 0 aromatic carbocycles. The molecule has 1 saturated carbocycles. The smallest absolute Gasteiger partial charge is 0.241 e. The van der Waals surface area contributed by atoms with Crippen LogP contribution in [0.15, 0.2) is 12.4 Å². The van der Waals surface area contributed by atoms with E-state index >= 15 is 0 Å². The van der Waals surface area contributed by atoms with E-state index in [1.807, 2.05) is 0 Å². The maximum absolute atomic E-state index is 12.4. The molecule has 3 rings (SSSR count). The predicted octanol–water partition coefficient (Wildman–Crippen LogP) is 0.396. The molecule has 2 amide bonds. The van der Waals surface area contributed by atoms with Crippen molar-refractivity contribution >= 4 is 29.9 Å². The number of aromatic nitrogens is 2. The average molecular weight is 372 g/mol. The summed E-state index contributed by atoms with van der Waals surface area (Å²) in [7, 11) is 1.59. The molecular formula is C16H26ClN5O3. The van der Waals surface area contributed by atoms with Crippen LogP contribution < -0.4 is 16.0 Å². The third kappa shape index (κ3) is 4.93. The van der Waals surface area contributed by atoms with Crippen molar-refractivity contribution in [2.24, 2.45) is 11.3 Å². The van der Waals surface area contributed by atoms with E-state index in [0.29, 0.717) is 18.8 Å². The number of methoxy groups -OCH3 is 1. The van der Waals surface area contributed by atoms with Crippen LogP contribution in [0.4, 0.5) is 5.69 Å². The zero-order valence-electron chi connectivity index (χ0n) is 14.4. The van der Waals surface area contributed by atoms with E-state index in [1.54, 1.807) is 19.5 Å². The molecule has 0 bridgehead atoms. The van der Waals surface area contributed by atoms with Crippen molar-refractivity contribution in [2.45, 2.75) is 25.8 Å². The first kappa shape index (κ1) is 19.7. The van der Waals surface area contributed by atoms with E-state index in [4.69, 9.17) is 4.74 Å². The van der Waals surface area contributed by atoms with Gasteiger partial charge in [-0.15, -0.1) is 12.4 Å². The fourth-order valence-corrected chi connectivity index (χ4v) is 3.44. The van der Waals surface area contributed by atoms with Gasteiger partial charge in [-0.25, -0.2) is 0 Å². The maximum atomic E-state index is 12.4. The molecule has 2 heterocycles. The van der Waals surface area contributed by atoms with E-state index in [1.165, 1.54) is 4.68 Å². The average Bonchev–Trinajstić information content (AvgIpc) is 3.07. The molecule has 1 aromatic rings. The summed E-state index contributed by atoms with van der Waals surface area (Å²) in [6, 6.07) is 0. The number of carbonyl (C=O) groups excluding carboxylic acids is 2. The Morgan fingerprint density at radius 2 is 2.20 bits per heavy atom. The zero-order chi connectivity index (χ0) is 17.0. The normalized spacial score (nSPS) is 20.6. The molecule has 1 saturated heterocycles. The lowest BCUT2D eigenvalue weighted by Gasteiger charge is -2.23. The second kappa shape index (κ2) is 8.64. The van der Waals surface area contributed by atoms with Crippen molar-refractivity contribution in [1.29, 1.82) is 0 Å². The molecule has 0 radical (unpaired) electrons. The number of carbonyl (C=O) groups is 2. The Morgan fingerprint density at radius 3 is 2.92 bits per heavy atom. The van der Waals surface area contributed by atoms with Crippen LogP contribution >= 0.6 is 12.4 Å². The largest absolute Gasteiger partial charge is 0.383 e. The Kier molecular flexibility index (Phi) is 6.80. The molecule has 1 aromatic heterocycles. The van der Waals surface area contributed by atoms with Gasteiger partial charge >= 0.3 is 0 Å². The Hall–Kier alpha value is -1.64. The highest BCUT2D eigenvalue weighted by Crippen LogP contribution is 2.58. The number of amides is 2. The maximum Gasteiger partial charge on any atom is 0.241 e. The number of rotatable bonds is 7. The minimum absolute atomic E-state index is 0. The number of nitrogens with one attached hydrogen (secondary N) is 3. The number of ether oxygens (including phenoxy) is 1. The standard InChI is InChI=1S/C16H25N5O3.ClH/c1-24-7-6-18-14(22)11-21-10-12(9-19-21)20-15(23)13-8-16(13)2-4-17-5-3-16;/h9-10,13,17H,2-8,11H2,1H3,(H,18,22)(H,20,23);1H. The summed E-state index contributed by atoms with van der Waals surface area (Å²) in [6.45, 7) is 3.07. The number of piperidine rings is 1. The minimum atomic E-state index is -0.135. The van der Waals surface area contributed by atoms with Crippen molar-refractivity contribution in [3.63, 3.8) is 0 Å². The van der Waals surface area contributed by atoms with Crippen LogP contribution in [0, 0.1) is 11.3 Å². The van der Waals surface area contributed by atoms with Crippen LogP contribution in [0.3, 0.4) is 0 Å². The summed E-state index contributed by atoms with van der Waals surface area (Å²) in [5.74, 6) is 0.0465. The molecule has 140 valence electrons. The van der Waals surface area contributed by atoms with Crippen LogP contribution in [0.5, 0.6) is 0 Å². The minimum Gasteiger partial charge on any atom is -0.383 e. The van der Waals surface area contributed by atoms with Gasteiger partial charge in [0.05, 0.1) is 18.5 Å². The van der Waals surface area contributed by atoms with Gasteiger partial charge in [0.2, 0.25) is 11.8 Å². The lowest BCUT2D eigenvalue weighted by molar-refractivity contribution is -0.122. The first-order valence-corrected chi connectivity index (χ1v) is 8.43. The topological polar surface area (TPSA) is 97.3 Å². The highest BCUT2D eigenvalue weighted by Gasteiger charge is 2.57. The summed E-state index contributed by atoms with van der Waals surface area (Å²) in [5.41, 5.74) is 0.854. The van der Waals surface area contributed by atoms with Gasteiger partial charge in [0.1, 0.15) is 6.54 Å². The van der Waals surface area contributed by atoms with Gasteiger partial charge in [-0.05, 0) is 37.8 Å². The van der Waals surface area contributed by atoms with Gasteiger partial charge in [0, 0.05) is 25.8 Å². The van der Waals surface area contributed by atoms with Gasteiger partial charge in [-0.2, -0.15) is 5.10 Å². The Labute approximate surface area is 153 Å². The summed E-state index contributed by atoms with van der Waals surface area (Å²) in [4.78, 5) is 24.1. The van der Waals surface area contributed by atoms with Crippen LogP contribution in [0.25, 0.3) is 0 Å². The Morgan fingerprint density at radius 1 is 1.44 bits per heavy atom. The Bertz CT molecular complexity index is 600. The summed E-state index contributed by atoms with van der Waals surface area (Å²) in [5, 5.41) is 13.1.